The molecule has 5 aromatic rings. The molecule has 246 valence electrons. The molecule has 15 nitrogen and oxygen atoms in total. The first kappa shape index (κ1) is 31.0. The van der Waals surface area contributed by atoms with Gasteiger partial charge in [0.15, 0.2) is 17.1 Å². The molecule has 0 bridgehead atoms. The maximum absolute atomic E-state index is 13.4. The molecule has 0 atom stereocenters. The molecule has 0 saturated carbocycles. The molecule has 5 aromatic heterocycles. The third kappa shape index (κ3) is 6.62. The van der Waals surface area contributed by atoms with E-state index < -0.39 is 11.8 Å². The van der Waals surface area contributed by atoms with Crippen LogP contribution in [0.1, 0.15) is 21.0 Å². The van der Waals surface area contributed by atoms with Crippen molar-refractivity contribution in [2.24, 2.45) is 0 Å². The predicted molar refractivity (Wildman–Crippen MR) is 183 cm³/mol. The number of amides is 2. The number of rotatable bonds is 8. The summed E-state index contributed by atoms with van der Waals surface area (Å²) in [6.07, 6.45) is 4.66. The van der Waals surface area contributed by atoms with Gasteiger partial charge in [0, 0.05) is 81.6 Å². The normalized spacial score (nSPS) is 14.9. The Balaban J connectivity index is 1.06. The molecule has 0 aromatic carbocycles. The van der Waals surface area contributed by atoms with Crippen LogP contribution in [0.4, 0.5) is 22.1 Å². The molecule has 6 N–H and O–H groups in total. The number of ether oxygens (including phenoxy) is 1. The first-order valence-corrected chi connectivity index (χ1v) is 16.3. The lowest BCUT2D eigenvalue weighted by atomic mass is 10.2. The first-order valence-electron chi connectivity index (χ1n) is 15.4. The van der Waals surface area contributed by atoms with Gasteiger partial charge in [0.1, 0.15) is 22.0 Å². The number of carbonyl (C=O) groups is 2. The Morgan fingerprint density at radius 1 is 0.917 bits per heavy atom. The molecular weight excluding hydrogens is 636 g/mol. The van der Waals surface area contributed by atoms with Crippen molar-refractivity contribution in [3.8, 4) is 17.4 Å². The topological polar surface area (TPSA) is 190 Å². The number of pyridine rings is 4. The molecule has 0 aliphatic carbocycles. The van der Waals surface area contributed by atoms with Crippen molar-refractivity contribution in [1.82, 2.24) is 30.6 Å². The number of nitrogens with one attached hydrogen (secondary N) is 5. The molecule has 2 aliphatic rings. The fourth-order valence-corrected chi connectivity index (χ4v) is 6.42. The summed E-state index contributed by atoms with van der Waals surface area (Å²) in [5, 5.41) is 26.1. The van der Waals surface area contributed by atoms with Crippen LogP contribution in [0.15, 0.2) is 65.2 Å². The number of anilines is 4. The van der Waals surface area contributed by atoms with Gasteiger partial charge in [-0.2, -0.15) is 0 Å². The predicted octanol–water partition coefficient (Wildman–Crippen LogP) is 2.60. The highest BCUT2D eigenvalue weighted by atomic mass is 32.1. The number of piperazine rings is 2. The van der Waals surface area contributed by atoms with E-state index in [1.807, 2.05) is 16.5 Å². The minimum absolute atomic E-state index is 0.00829. The van der Waals surface area contributed by atoms with Gasteiger partial charge in [0.25, 0.3) is 17.4 Å². The van der Waals surface area contributed by atoms with Crippen LogP contribution < -0.4 is 41.4 Å². The Morgan fingerprint density at radius 2 is 1.67 bits per heavy atom. The van der Waals surface area contributed by atoms with E-state index >= 15 is 0 Å². The van der Waals surface area contributed by atoms with Gasteiger partial charge in [0.05, 0.1) is 17.6 Å². The van der Waals surface area contributed by atoms with Crippen molar-refractivity contribution in [3.05, 3.63) is 82.1 Å². The molecule has 16 heteroatoms. The highest BCUT2D eigenvalue weighted by Crippen LogP contribution is 2.33. The van der Waals surface area contributed by atoms with Crippen LogP contribution in [0.5, 0.6) is 17.4 Å². The molecule has 2 aliphatic heterocycles. The highest BCUT2D eigenvalue weighted by Gasteiger charge is 2.22. The number of aromatic nitrogens is 4. The number of fused-ring (bicyclic) bond motifs is 1. The third-order valence-electron chi connectivity index (χ3n) is 7.99. The summed E-state index contributed by atoms with van der Waals surface area (Å²) in [5.41, 5.74) is 1.86. The van der Waals surface area contributed by atoms with E-state index in [0.29, 0.717) is 35.0 Å². The summed E-state index contributed by atoms with van der Waals surface area (Å²) in [4.78, 5) is 59.0. The first-order chi connectivity index (χ1) is 23.4. The number of aromatic hydroxyl groups is 1. The summed E-state index contributed by atoms with van der Waals surface area (Å²) in [6.45, 7) is 6.41. The summed E-state index contributed by atoms with van der Waals surface area (Å²) < 4.78 is 5.92. The largest absolute Gasteiger partial charge is 0.505 e. The van der Waals surface area contributed by atoms with Crippen LogP contribution in [0.25, 0.3) is 10.9 Å². The standard InChI is InChI=1S/C32H32N10O5S/c43-23-3-4-25(39-27(23)30(45)38-20-15-22(29(44)37-16-20)42-12-8-34-9-13-42)47-24-2-1-5-35-28(24)31(46)40-32-26-19(18-48-32)14-21(17-36-26)41-10-6-33-7-11-41/h1-5,14-18,33-34,43H,6-13H2,(H,37,44)(H,38,45)(H,40,46). The maximum Gasteiger partial charge on any atom is 0.278 e. The third-order valence-corrected chi connectivity index (χ3v) is 8.90. The average Bonchev–Trinajstić information content (AvgIpc) is 3.52. The van der Waals surface area contributed by atoms with E-state index in [0.717, 1.165) is 50.3 Å². The van der Waals surface area contributed by atoms with Gasteiger partial charge < -0.3 is 45.9 Å². The van der Waals surface area contributed by atoms with Crippen LogP contribution in [0, 0.1) is 0 Å². The van der Waals surface area contributed by atoms with E-state index in [2.05, 4.69) is 52.2 Å². The maximum atomic E-state index is 13.4. The van der Waals surface area contributed by atoms with Gasteiger partial charge >= 0.3 is 0 Å². The number of thiophene rings is 1. The Labute approximate surface area is 278 Å². The Morgan fingerprint density at radius 3 is 2.46 bits per heavy atom. The smallest absolute Gasteiger partial charge is 0.278 e. The summed E-state index contributed by atoms with van der Waals surface area (Å²) in [6, 6.07) is 9.45. The van der Waals surface area contributed by atoms with Crippen molar-refractivity contribution in [2.45, 2.75) is 0 Å². The molecule has 2 amide bonds. The van der Waals surface area contributed by atoms with Gasteiger partial charge in [-0.3, -0.25) is 19.4 Å². The second kappa shape index (κ2) is 13.6. The zero-order chi connectivity index (χ0) is 33.0. The number of aromatic amines is 1. The van der Waals surface area contributed by atoms with Crippen LogP contribution in [0.2, 0.25) is 0 Å². The molecule has 0 spiro atoms. The molecule has 0 unspecified atom stereocenters. The van der Waals surface area contributed by atoms with E-state index in [9.17, 15) is 19.5 Å². The number of H-pyrrole nitrogens is 1. The molecule has 7 rings (SSSR count). The molecule has 48 heavy (non-hydrogen) atoms. The Bertz CT molecular complexity index is 2040. The second-order valence-corrected chi connectivity index (χ2v) is 12.0. The van der Waals surface area contributed by atoms with E-state index in [4.69, 9.17) is 4.74 Å². The van der Waals surface area contributed by atoms with Gasteiger partial charge in [-0.15, -0.1) is 11.3 Å². The highest BCUT2D eigenvalue weighted by molar-refractivity contribution is 7.16. The summed E-state index contributed by atoms with van der Waals surface area (Å²) in [7, 11) is 0. The lowest BCUT2D eigenvalue weighted by Crippen LogP contribution is -2.45. The summed E-state index contributed by atoms with van der Waals surface area (Å²) >= 11 is 1.36. The number of hydrogen-bond acceptors (Lipinski definition) is 13. The minimum Gasteiger partial charge on any atom is -0.505 e. The van der Waals surface area contributed by atoms with Gasteiger partial charge in [-0.1, -0.05) is 0 Å². The van der Waals surface area contributed by atoms with Gasteiger partial charge in [-0.05, 0) is 30.3 Å². The second-order valence-electron chi connectivity index (χ2n) is 11.2. The molecule has 2 saturated heterocycles. The van der Waals surface area contributed by atoms with Gasteiger partial charge in [-0.25, -0.2) is 9.97 Å². The lowest BCUT2D eigenvalue weighted by molar-refractivity contribution is 0.100. The van der Waals surface area contributed by atoms with E-state index in [-0.39, 0.29) is 34.3 Å². The van der Waals surface area contributed by atoms with Crippen molar-refractivity contribution in [1.29, 1.82) is 0 Å². The lowest BCUT2D eigenvalue weighted by Gasteiger charge is -2.29. The Hall–Kier alpha value is -5.58. The zero-order valence-electron chi connectivity index (χ0n) is 25.7. The molecular formula is C32H32N10O5S. The van der Waals surface area contributed by atoms with Gasteiger partial charge in [0.2, 0.25) is 5.88 Å². The SMILES string of the molecule is O=C(Nc1c[nH]c(=O)c(N2CCNCC2)c1)c1nc(Oc2cccnc2C(=O)Nc2scc3cc(N4CCNCC4)cnc23)ccc1O. The Kier molecular flexibility index (Phi) is 8.82. The minimum atomic E-state index is -0.724. The zero-order valence-corrected chi connectivity index (χ0v) is 26.5. The summed E-state index contributed by atoms with van der Waals surface area (Å²) in [5.74, 6) is -1.58. The number of nitrogens with zero attached hydrogens (tertiary/aromatic N) is 5. The van der Waals surface area contributed by atoms with Crippen LogP contribution in [-0.2, 0) is 0 Å². The van der Waals surface area contributed by atoms with Crippen LogP contribution in [0.3, 0.4) is 0 Å². The van der Waals surface area contributed by atoms with Crippen LogP contribution >= 0.6 is 11.3 Å². The van der Waals surface area contributed by atoms with Crippen molar-refractivity contribution in [3.63, 3.8) is 0 Å². The fraction of sp³-hybridized carbons (Fsp3) is 0.250. The average molecular weight is 669 g/mol. The van der Waals surface area contributed by atoms with Crippen molar-refractivity contribution >= 4 is 56.1 Å². The molecule has 7 heterocycles. The fourth-order valence-electron chi connectivity index (χ4n) is 5.56. The van der Waals surface area contributed by atoms with Crippen molar-refractivity contribution < 1.29 is 19.4 Å². The van der Waals surface area contributed by atoms with E-state index in [1.54, 1.807) is 18.2 Å². The number of carbonyl (C=O) groups excluding carboxylic acids is 2. The number of hydrogen-bond donors (Lipinski definition) is 6. The molecule has 0 radical (unpaired) electrons. The van der Waals surface area contributed by atoms with E-state index in [1.165, 1.54) is 35.9 Å². The monoisotopic (exact) mass is 668 g/mol. The van der Waals surface area contributed by atoms with Crippen LogP contribution in [-0.4, -0.2) is 89.2 Å². The van der Waals surface area contributed by atoms with Crippen molar-refractivity contribution in [2.75, 3.05) is 72.8 Å². The quantitative estimate of drug-likeness (QED) is 0.142. The molecule has 2 fully saturated rings.